The average Bonchev–Trinajstić information content (AvgIpc) is 2.28. The summed E-state index contributed by atoms with van der Waals surface area (Å²) in [7, 11) is 1.67. The summed E-state index contributed by atoms with van der Waals surface area (Å²) in [5.41, 5.74) is 1.02. The Kier molecular flexibility index (Phi) is 3.87. The van der Waals surface area contributed by atoms with Gasteiger partial charge in [0.2, 0.25) is 5.88 Å². The van der Waals surface area contributed by atoms with E-state index in [0.29, 0.717) is 11.9 Å². The number of anilines is 1. The number of nitrogens with zero attached hydrogens (tertiary/aromatic N) is 1. The van der Waals surface area contributed by atoms with Crippen molar-refractivity contribution in [1.29, 1.82) is 0 Å². The zero-order valence-electron chi connectivity index (χ0n) is 10.9. The molecule has 1 aromatic rings. The molecule has 0 radical (unpaired) electrons. The van der Waals surface area contributed by atoms with Crippen molar-refractivity contribution in [2.45, 2.75) is 39.2 Å². The fourth-order valence-electron chi connectivity index (χ4n) is 2.95. The highest BCUT2D eigenvalue weighted by Gasteiger charge is 2.24. The van der Waals surface area contributed by atoms with Crippen molar-refractivity contribution in [2.24, 2.45) is 11.8 Å². The Morgan fingerprint density at radius 2 is 1.94 bits per heavy atom. The van der Waals surface area contributed by atoms with Crippen LogP contribution in [0.3, 0.4) is 0 Å². The van der Waals surface area contributed by atoms with Gasteiger partial charge in [0.05, 0.1) is 12.8 Å². The molecule has 1 aliphatic rings. The molecule has 94 valence electrons. The van der Waals surface area contributed by atoms with Gasteiger partial charge in [0.1, 0.15) is 0 Å². The van der Waals surface area contributed by atoms with Crippen LogP contribution in [0.2, 0.25) is 0 Å². The van der Waals surface area contributed by atoms with Crippen LogP contribution in [0.1, 0.15) is 33.1 Å². The van der Waals surface area contributed by atoms with Crippen molar-refractivity contribution in [2.75, 3.05) is 12.4 Å². The number of pyridine rings is 1. The number of rotatable bonds is 3. The molecule has 1 fully saturated rings. The summed E-state index contributed by atoms with van der Waals surface area (Å²) >= 11 is 0. The highest BCUT2D eigenvalue weighted by Crippen LogP contribution is 2.32. The van der Waals surface area contributed by atoms with Gasteiger partial charge in [-0.1, -0.05) is 13.8 Å². The molecule has 1 aliphatic carbocycles. The van der Waals surface area contributed by atoms with Gasteiger partial charge in [-0.15, -0.1) is 0 Å². The van der Waals surface area contributed by atoms with Crippen molar-refractivity contribution in [1.82, 2.24) is 4.98 Å². The molecule has 0 saturated heterocycles. The van der Waals surface area contributed by atoms with Crippen LogP contribution < -0.4 is 10.1 Å². The third kappa shape index (κ3) is 3.11. The second-order valence-electron chi connectivity index (χ2n) is 5.32. The molecule has 1 N–H and O–H groups in total. The number of nitrogens with one attached hydrogen (secondary N) is 1. The van der Waals surface area contributed by atoms with Gasteiger partial charge in [0.25, 0.3) is 0 Å². The fourth-order valence-corrected chi connectivity index (χ4v) is 2.95. The van der Waals surface area contributed by atoms with Crippen LogP contribution in [0.25, 0.3) is 0 Å². The second kappa shape index (κ2) is 5.39. The van der Waals surface area contributed by atoms with Crippen LogP contribution in [0, 0.1) is 11.8 Å². The van der Waals surface area contributed by atoms with Crippen molar-refractivity contribution in [3.05, 3.63) is 18.3 Å². The molecule has 2 rings (SSSR count). The molecule has 3 nitrogen and oxygen atoms in total. The van der Waals surface area contributed by atoms with E-state index in [4.69, 9.17) is 4.74 Å². The zero-order valence-corrected chi connectivity index (χ0v) is 10.9. The van der Waals surface area contributed by atoms with Crippen molar-refractivity contribution < 1.29 is 4.74 Å². The van der Waals surface area contributed by atoms with Gasteiger partial charge >= 0.3 is 0 Å². The summed E-state index contributed by atoms with van der Waals surface area (Å²) < 4.78 is 5.27. The van der Waals surface area contributed by atoms with Gasteiger partial charge in [-0.25, -0.2) is 4.98 Å². The van der Waals surface area contributed by atoms with E-state index in [1.54, 1.807) is 13.3 Å². The minimum atomic E-state index is 0.548. The molecule has 1 heterocycles. The zero-order chi connectivity index (χ0) is 12.3. The van der Waals surface area contributed by atoms with Crippen LogP contribution in [-0.2, 0) is 0 Å². The number of aromatic nitrogens is 1. The Hall–Kier alpha value is -1.25. The van der Waals surface area contributed by atoms with Crippen LogP contribution in [-0.4, -0.2) is 18.1 Å². The predicted molar refractivity (Wildman–Crippen MR) is 70.4 cm³/mol. The third-order valence-electron chi connectivity index (χ3n) is 3.50. The molecule has 2 atom stereocenters. The summed E-state index contributed by atoms with van der Waals surface area (Å²) in [5.74, 6) is 2.30. The molecular formula is C14H22N2O. The van der Waals surface area contributed by atoms with E-state index in [0.717, 1.165) is 17.5 Å². The molecule has 0 amide bonds. The number of hydrogen-bond acceptors (Lipinski definition) is 3. The first-order valence-electron chi connectivity index (χ1n) is 6.44. The predicted octanol–water partition coefficient (Wildman–Crippen LogP) is 3.33. The van der Waals surface area contributed by atoms with E-state index >= 15 is 0 Å². The summed E-state index contributed by atoms with van der Waals surface area (Å²) in [6, 6.07) is 4.53. The molecule has 0 spiro atoms. The lowest BCUT2D eigenvalue weighted by Gasteiger charge is -2.32. The van der Waals surface area contributed by atoms with Crippen LogP contribution >= 0.6 is 0 Å². The maximum atomic E-state index is 5.27. The lowest BCUT2D eigenvalue weighted by Crippen LogP contribution is -2.30. The van der Waals surface area contributed by atoms with E-state index < -0.39 is 0 Å². The minimum absolute atomic E-state index is 0.548. The highest BCUT2D eigenvalue weighted by molar-refractivity contribution is 5.52. The highest BCUT2D eigenvalue weighted by atomic mass is 16.5. The molecule has 1 saturated carbocycles. The topological polar surface area (TPSA) is 34.1 Å². The van der Waals surface area contributed by atoms with Gasteiger partial charge in [0, 0.05) is 12.2 Å². The van der Waals surface area contributed by atoms with Gasteiger partial charge in [-0.05, 0) is 43.2 Å². The maximum absolute atomic E-state index is 5.27. The van der Waals surface area contributed by atoms with E-state index in [1.165, 1.54) is 19.3 Å². The fraction of sp³-hybridized carbons (Fsp3) is 0.643. The first-order chi connectivity index (χ1) is 8.19. The van der Waals surface area contributed by atoms with Crippen molar-refractivity contribution in [3.63, 3.8) is 0 Å². The molecule has 17 heavy (non-hydrogen) atoms. The molecule has 3 heteroatoms. The summed E-state index contributed by atoms with van der Waals surface area (Å²) in [6.45, 7) is 4.68. The SMILES string of the molecule is COc1ncccc1NC1CC(C)CC(C)C1. The minimum Gasteiger partial charge on any atom is -0.480 e. The van der Waals surface area contributed by atoms with E-state index in [-0.39, 0.29) is 0 Å². The van der Waals surface area contributed by atoms with E-state index in [1.807, 2.05) is 12.1 Å². The largest absolute Gasteiger partial charge is 0.480 e. The Bertz CT molecular complexity index is 357. The van der Waals surface area contributed by atoms with Gasteiger partial charge in [0.15, 0.2) is 0 Å². The second-order valence-corrected chi connectivity index (χ2v) is 5.32. The van der Waals surface area contributed by atoms with Crippen molar-refractivity contribution >= 4 is 5.69 Å². The molecule has 0 bridgehead atoms. The Labute approximate surface area is 104 Å². The van der Waals surface area contributed by atoms with Gasteiger partial charge in [-0.2, -0.15) is 0 Å². The normalized spacial score (nSPS) is 28.8. The molecule has 2 unspecified atom stereocenters. The lowest BCUT2D eigenvalue weighted by molar-refractivity contribution is 0.280. The lowest BCUT2D eigenvalue weighted by atomic mass is 9.80. The van der Waals surface area contributed by atoms with E-state index in [9.17, 15) is 0 Å². The summed E-state index contributed by atoms with van der Waals surface area (Å²) in [6.07, 6.45) is 5.59. The Morgan fingerprint density at radius 1 is 1.24 bits per heavy atom. The molecule has 1 aromatic heterocycles. The number of hydrogen-bond donors (Lipinski definition) is 1. The van der Waals surface area contributed by atoms with Crippen molar-refractivity contribution in [3.8, 4) is 5.88 Å². The number of ether oxygens (including phenoxy) is 1. The Morgan fingerprint density at radius 3 is 2.59 bits per heavy atom. The number of methoxy groups -OCH3 is 1. The van der Waals surface area contributed by atoms with Gasteiger partial charge in [-0.3, -0.25) is 0 Å². The quantitative estimate of drug-likeness (QED) is 0.871. The average molecular weight is 234 g/mol. The molecule has 0 aromatic carbocycles. The van der Waals surface area contributed by atoms with Gasteiger partial charge < -0.3 is 10.1 Å². The smallest absolute Gasteiger partial charge is 0.237 e. The standard InChI is InChI=1S/C14H22N2O/c1-10-7-11(2)9-12(8-10)16-13-5-4-6-15-14(13)17-3/h4-6,10-12,16H,7-9H2,1-3H3. The van der Waals surface area contributed by atoms with E-state index in [2.05, 4.69) is 24.1 Å². The third-order valence-corrected chi connectivity index (χ3v) is 3.50. The Balaban J connectivity index is 2.04. The van der Waals surface area contributed by atoms with Crippen LogP contribution in [0.15, 0.2) is 18.3 Å². The first-order valence-corrected chi connectivity index (χ1v) is 6.44. The molecule has 0 aliphatic heterocycles. The first kappa shape index (κ1) is 12.2. The maximum Gasteiger partial charge on any atom is 0.237 e. The monoisotopic (exact) mass is 234 g/mol. The summed E-state index contributed by atoms with van der Waals surface area (Å²) in [4.78, 5) is 4.22. The summed E-state index contributed by atoms with van der Waals surface area (Å²) in [5, 5.41) is 3.57. The van der Waals surface area contributed by atoms with Crippen LogP contribution in [0.5, 0.6) is 5.88 Å². The van der Waals surface area contributed by atoms with Crippen LogP contribution in [0.4, 0.5) is 5.69 Å². The molecular weight excluding hydrogens is 212 g/mol.